The molecule has 9 nitrogen and oxygen atoms in total. The van der Waals surface area contributed by atoms with Gasteiger partial charge in [0.1, 0.15) is 16.5 Å². The second kappa shape index (κ2) is 16.1. The number of hydrogen-bond donors (Lipinski definition) is 3. The van der Waals surface area contributed by atoms with Gasteiger partial charge in [-0.1, -0.05) is 37.1 Å². The number of carbonyl (C=O) groups excluding carboxylic acids is 4. The molecule has 2 aromatic carbocycles. The molecular formula is C35H35N3O6S2. The van der Waals surface area contributed by atoms with Crippen LogP contribution in [0.15, 0.2) is 88.0 Å². The number of carbonyl (C=O) groups is 4. The van der Waals surface area contributed by atoms with Crippen LogP contribution in [0.25, 0.3) is 6.08 Å². The molecule has 1 aliphatic carbocycles. The van der Waals surface area contributed by atoms with Gasteiger partial charge in [0.25, 0.3) is 11.8 Å². The maximum Gasteiger partial charge on any atom is 0.341 e. The van der Waals surface area contributed by atoms with E-state index in [0.29, 0.717) is 27.6 Å². The zero-order valence-electron chi connectivity index (χ0n) is 25.4. The summed E-state index contributed by atoms with van der Waals surface area (Å²) in [6.45, 7) is 2.04. The molecule has 11 heteroatoms. The average Bonchev–Trinajstić information content (AvgIpc) is 3.68. The third-order valence-electron chi connectivity index (χ3n) is 7.22. The molecule has 2 heterocycles. The minimum Gasteiger partial charge on any atom is -0.465 e. The van der Waals surface area contributed by atoms with E-state index >= 15 is 0 Å². The van der Waals surface area contributed by atoms with Crippen molar-refractivity contribution in [2.24, 2.45) is 0 Å². The fourth-order valence-electron chi connectivity index (χ4n) is 5.06. The van der Waals surface area contributed by atoms with E-state index in [1.807, 2.05) is 6.07 Å². The molecular weight excluding hydrogens is 623 g/mol. The molecule has 0 saturated heterocycles. The zero-order chi connectivity index (χ0) is 32.3. The van der Waals surface area contributed by atoms with Gasteiger partial charge in [0.05, 0.1) is 24.2 Å². The maximum absolute atomic E-state index is 13.3. The van der Waals surface area contributed by atoms with Gasteiger partial charge in [-0.3, -0.25) is 14.4 Å². The molecule has 0 radical (unpaired) electrons. The highest BCUT2D eigenvalue weighted by Gasteiger charge is 2.26. The Labute approximate surface area is 275 Å². The summed E-state index contributed by atoms with van der Waals surface area (Å²) in [5.41, 5.74) is 2.39. The first-order valence-corrected chi connectivity index (χ1v) is 17.0. The van der Waals surface area contributed by atoms with E-state index in [4.69, 9.17) is 9.15 Å². The molecule has 5 rings (SSSR count). The first-order chi connectivity index (χ1) is 22.4. The van der Waals surface area contributed by atoms with Crippen LogP contribution in [0.3, 0.4) is 0 Å². The van der Waals surface area contributed by atoms with E-state index in [1.54, 1.807) is 67.6 Å². The van der Waals surface area contributed by atoms with Gasteiger partial charge in [0.15, 0.2) is 0 Å². The predicted molar refractivity (Wildman–Crippen MR) is 181 cm³/mol. The summed E-state index contributed by atoms with van der Waals surface area (Å²) in [5.74, 6) is -1.12. The Morgan fingerprint density at radius 2 is 1.74 bits per heavy atom. The molecule has 0 spiro atoms. The highest BCUT2D eigenvalue weighted by molar-refractivity contribution is 8.00. The monoisotopic (exact) mass is 657 g/mol. The Balaban J connectivity index is 1.25. The molecule has 46 heavy (non-hydrogen) atoms. The van der Waals surface area contributed by atoms with Gasteiger partial charge in [0, 0.05) is 27.1 Å². The number of thioether (sulfide) groups is 1. The summed E-state index contributed by atoms with van der Waals surface area (Å²) >= 11 is 2.77. The van der Waals surface area contributed by atoms with Gasteiger partial charge in [-0.05, 0) is 80.6 Å². The van der Waals surface area contributed by atoms with E-state index < -0.39 is 17.8 Å². The standard InChI is InChI=1S/C35H35N3O6S2/c1-2-43-35(42)31-27-17-8-3-4-9-18-29(27)46-34(31)38-30(39)22-45-26-16-10-14-24(20-26)36-33(41)28(21-25-15-11-19-44-25)37-32(40)23-12-6-5-7-13-23/h5-7,10-16,19-21H,2-4,8-9,17-18,22H2,1H3,(H,36,41)(H,37,40)(H,38,39)/b28-21-. The van der Waals surface area contributed by atoms with Crippen LogP contribution in [-0.4, -0.2) is 36.1 Å². The Hall–Kier alpha value is -4.61. The number of hydrogen-bond acceptors (Lipinski definition) is 8. The van der Waals surface area contributed by atoms with Crippen molar-refractivity contribution in [2.45, 2.75) is 50.3 Å². The number of aryl methyl sites for hydroxylation is 1. The highest BCUT2D eigenvalue weighted by atomic mass is 32.2. The Kier molecular flexibility index (Phi) is 11.5. The lowest BCUT2D eigenvalue weighted by Gasteiger charge is -2.12. The van der Waals surface area contributed by atoms with Crippen LogP contribution in [0.5, 0.6) is 0 Å². The molecule has 0 fully saturated rings. The second-order valence-electron chi connectivity index (χ2n) is 10.6. The quantitative estimate of drug-likeness (QED) is 0.0877. The van der Waals surface area contributed by atoms with E-state index in [9.17, 15) is 19.2 Å². The summed E-state index contributed by atoms with van der Waals surface area (Å²) in [6.07, 6.45) is 8.98. The van der Waals surface area contributed by atoms with Gasteiger partial charge >= 0.3 is 5.97 Å². The lowest BCUT2D eigenvalue weighted by molar-refractivity contribution is -0.114. The van der Waals surface area contributed by atoms with Crippen LogP contribution in [0, 0.1) is 0 Å². The number of rotatable bonds is 11. The molecule has 3 amide bonds. The molecule has 238 valence electrons. The Morgan fingerprint density at radius 3 is 2.50 bits per heavy atom. The molecule has 3 N–H and O–H groups in total. The first kappa shape index (κ1) is 32.8. The van der Waals surface area contributed by atoms with Crippen LogP contribution >= 0.6 is 23.1 Å². The van der Waals surface area contributed by atoms with Crippen molar-refractivity contribution in [3.05, 3.63) is 106 Å². The van der Waals surface area contributed by atoms with Crippen molar-refractivity contribution in [3.8, 4) is 0 Å². The summed E-state index contributed by atoms with van der Waals surface area (Å²) in [4.78, 5) is 54.0. The van der Waals surface area contributed by atoms with Crippen LogP contribution in [0.4, 0.5) is 10.7 Å². The molecule has 0 unspecified atom stereocenters. The van der Waals surface area contributed by atoms with Crippen molar-refractivity contribution < 1.29 is 28.3 Å². The highest BCUT2D eigenvalue weighted by Crippen LogP contribution is 2.38. The fourth-order valence-corrected chi connectivity index (χ4v) is 7.11. The summed E-state index contributed by atoms with van der Waals surface area (Å²) in [7, 11) is 0. The smallest absolute Gasteiger partial charge is 0.341 e. The third-order valence-corrected chi connectivity index (χ3v) is 9.43. The molecule has 0 bridgehead atoms. The lowest BCUT2D eigenvalue weighted by Crippen LogP contribution is -2.30. The number of furan rings is 1. The normalized spacial score (nSPS) is 13.1. The number of thiophene rings is 1. The van der Waals surface area contributed by atoms with Gasteiger partial charge in [0.2, 0.25) is 5.91 Å². The number of benzene rings is 2. The van der Waals surface area contributed by atoms with Gasteiger partial charge < -0.3 is 25.1 Å². The van der Waals surface area contributed by atoms with E-state index in [1.165, 1.54) is 35.4 Å². The average molecular weight is 658 g/mol. The predicted octanol–water partition coefficient (Wildman–Crippen LogP) is 7.32. The zero-order valence-corrected chi connectivity index (χ0v) is 27.1. The van der Waals surface area contributed by atoms with Crippen molar-refractivity contribution in [1.82, 2.24) is 5.32 Å². The molecule has 0 atom stereocenters. The maximum atomic E-state index is 13.3. The number of ether oxygens (including phenoxy) is 1. The minimum absolute atomic E-state index is 0.00342. The topological polar surface area (TPSA) is 127 Å². The summed E-state index contributed by atoms with van der Waals surface area (Å²) in [5, 5.41) is 9.01. The fraction of sp³-hybridized carbons (Fsp3) is 0.257. The third kappa shape index (κ3) is 8.76. The first-order valence-electron chi connectivity index (χ1n) is 15.2. The number of nitrogens with one attached hydrogen (secondary N) is 3. The number of anilines is 2. The molecule has 2 aromatic heterocycles. The Bertz CT molecular complexity index is 1710. The number of esters is 1. The minimum atomic E-state index is -0.541. The van der Waals surface area contributed by atoms with Crippen LogP contribution < -0.4 is 16.0 Å². The van der Waals surface area contributed by atoms with Crippen molar-refractivity contribution in [2.75, 3.05) is 23.0 Å². The van der Waals surface area contributed by atoms with Crippen molar-refractivity contribution in [3.63, 3.8) is 0 Å². The van der Waals surface area contributed by atoms with E-state index in [0.717, 1.165) is 53.9 Å². The molecule has 4 aromatic rings. The Morgan fingerprint density at radius 1 is 0.935 bits per heavy atom. The summed E-state index contributed by atoms with van der Waals surface area (Å²) in [6, 6.07) is 19.0. The second-order valence-corrected chi connectivity index (χ2v) is 12.7. The number of amides is 3. The van der Waals surface area contributed by atoms with Gasteiger partial charge in [-0.15, -0.1) is 23.1 Å². The number of fused-ring (bicyclic) bond motifs is 1. The largest absolute Gasteiger partial charge is 0.465 e. The molecule has 0 saturated carbocycles. The summed E-state index contributed by atoms with van der Waals surface area (Å²) < 4.78 is 10.7. The lowest BCUT2D eigenvalue weighted by atomic mass is 9.96. The van der Waals surface area contributed by atoms with E-state index in [-0.39, 0.29) is 24.0 Å². The SMILES string of the molecule is CCOC(=O)c1c(NC(=O)CSc2cccc(NC(=O)/C(=C/c3ccco3)NC(=O)c3ccccc3)c2)sc2c1CCCCCC2. The van der Waals surface area contributed by atoms with E-state index in [2.05, 4.69) is 16.0 Å². The van der Waals surface area contributed by atoms with Gasteiger partial charge in [-0.2, -0.15) is 0 Å². The molecule has 1 aliphatic rings. The van der Waals surface area contributed by atoms with Gasteiger partial charge in [-0.25, -0.2) is 4.79 Å². The van der Waals surface area contributed by atoms with Crippen LogP contribution in [0.2, 0.25) is 0 Å². The van der Waals surface area contributed by atoms with Crippen molar-refractivity contribution >= 4 is 63.6 Å². The van der Waals surface area contributed by atoms with Crippen LogP contribution in [0.1, 0.15) is 69.5 Å². The van der Waals surface area contributed by atoms with Crippen LogP contribution in [-0.2, 0) is 27.2 Å². The molecule has 0 aliphatic heterocycles. The van der Waals surface area contributed by atoms with Crippen molar-refractivity contribution in [1.29, 1.82) is 0 Å².